The molecule has 0 aliphatic carbocycles. The van der Waals surface area contributed by atoms with E-state index in [4.69, 9.17) is 10.3 Å². The molecule has 36 heavy (non-hydrogen) atoms. The van der Waals surface area contributed by atoms with Gasteiger partial charge in [-0.15, -0.1) is 0 Å². The minimum absolute atomic E-state index is 0.0192. The smallest absolute Gasteiger partial charge is 0.371 e. The molecule has 3 heterocycles. The fourth-order valence-corrected chi connectivity index (χ4v) is 3.16. The van der Waals surface area contributed by atoms with E-state index in [1.54, 1.807) is 12.1 Å². The van der Waals surface area contributed by atoms with Crippen molar-refractivity contribution in [2.45, 2.75) is 18.2 Å². The summed E-state index contributed by atoms with van der Waals surface area (Å²) in [6, 6.07) is 7.51. The Balaban J connectivity index is 1.69. The van der Waals surface area contributed by atoms with Crippen LogP contribution in [0.4, 0.5) is 27.8 Å². The van der Waals surface area contributed by atoms with Crippen molar-refractivity contribution in [1.29, 1.82) is 0 Å². The molecule has 0 saturated carbocycles. The van der Waals surface area contributed by atoms with Gasteiger partial charge in [-0.25, -0.2) is 18.4 Å². The van der Waals surface area contributed by atoms with Gasteiger partial charge in [-0.3, -0.25) is 4.79 Å². The normalized spacial score (nSPS) is 13.4. The van der Waals surface area contributed by atoms with Crippen molar-refractivity contribution in [3.8, 4) is 17.2 Å². The summed E-state index contributed by atoms with van der Waals surface area (Å²) in [7, 11) is 0. The number of aromatic nitrogens is 5. The molecule has 1 atom stereocenters. The van der Waals surface area contributed by atoms with Crippen LogP contribution in [0.25, 0.3) is 17.2 Å². The number of carbonyl (C=O) groups is 1. The van der Waals surface area contributed by atoms with Crippen LogP contribution in [-0.2, 0) is 11.2 Å². The maximum Gasteiger partial charge on any atom is 0.428 e. The highest BCUT2D eigenvalue weighted by atomic mass is 19.4. The molecule has 0 saturated heterocycles. The zero-order chi connectivity index (χ0) is 26.1. The number of nitrogens with zero attached hydrogens (tertiary/aromatic N) is 5. The van der Waals surface area contributed by atoms with Crippen molar-refractivity contribution < 1.29 is 36.4 Å². The van der Waals surface area contributed by atoms with Crippen LogP contribution in [0.15, 0.2) is 53.5 Å². The van der Waals surface area contributed by atoms with Gasteiger partial charge in [-0.1, -0.05) is 23.4 Å². The van der Waals surface area contributed by atoms with Crippen LogP contribution in [-0.4, -0.2) is 54.2 Å². The van der Waals surface area contributed by atoms with Crippen LogP contribution >= 0.6 is 0 Å². The van der Waals surface area contributed by atoms with Gasteiger partial charge in [0, 0.05) is 24.2 Å². The maximum absolute atomic E-state index is 14.2. The van der Waals surface area contributed by atoms with Gasteiger partial charge in [0.1, 0.15) is 17.8 Å². The lowest BCUT2D eigenvalue weighted by atomic mass is 10.0. The number of nitrogens with two attached hydrogens (primary N) is 1. The number of primary amides is 1. The molecule has 0 spiro atoms. The number of alkyl halides is 3. The van der Waals surface area contributed by atoms with E-state index in [1.807, 2.05) is 5.32 Å². The van der Waals surface area contributed by atoms with Crippen molar-refractivity contribution >= 4 is 11.7 Å². The fourth-order valence-electron chi connectivity index (χ4n) is 3.16. The first-order valence-electron chi connectivity index (χ1n) is 10.1. The molecule has 0 radical (unpaired) electrons. The van der Waals surface area contributed by atoms with Gasteiger partial charge < -0.3 is 20.7 Å². The first-order chi connectivity index (χ1) is 17.0. The molecule has 1 unspecified atom stereocenters. The van der Waals surface area contributed by atoms with Gasteiger partial charge in [0.15, 0.2) is 11.6 Å². The van der Waals surface area contributed by atoms with E-state index in [0.29, 0.717) is 28.7 Å². The number of anilines is 1. The van der Waals surface area contributed by atoms with Crippen molar-refractivity contribution in [2.75, 3.05) is 11.9 Å². The lowest BCUT2D eigenvalue weighted by Gasteiger charge is -2.27. The quantitative estimate of drug-likeness (QED) is 0.307. The van der Waals surface area contributed by atoms with Crippen molar-refractivity contribution in [3.05, 3.63) is 71.9 Å². The van der Waals surface area contributed by atoms with E-state index in [2.05, 4.69) is 20.2 Å². The maximum atomic E-state index is 14.2. The molecular weight excluding hydrogens is 493 g/mol. The fraction of sp³-hybridized carbons (Fsp3) is 0.190. The summed E-state index contributed by atoms with van der Waals surface area (Å²) >= 11 is 0. The molecule has 15 heteroatoms. The Morgan fingerprint density at radius 3 is 2.56 bits per heavy atom. The molecule has 4 N–H and O–H groups in total. The van der Waals surface area contributed by atoms with Crippen LogP contribution in [0.2, 0.25) is 0 Å². The average Bonchev–Trinajstić information content (AvgIpc) is 3.49. The highest BCUT2D eigenvalue weighted by Gasteiger charge is 2.58. The Bertz CT molecular complexity index is 1390. The molecule has 1 amide bonds. The monoisotopic (exact) mass is 509 g/mol. The van der Waals surface area contributed by atoms with Gasteiger partial charge in [-0.05, 0) is 11.6 Å². The first-order valence-corrected chi connectivity index (χ1v) is 10.1. The summed E-state index contributed by atoms with van der Waals surface area (Å²) in [5, 5.41) is 19.8. The SMILES string of the molecule is NC(=O)C(O)(CNc1nc(-n2cc(-c3ccon3)c(Cc3ccccc3F)n2)ncc1F)C(F)(F)F. The molecule has 1 aromatic carbocycles. The molecule has 0 aliphatic heterocycles. The van der Waals surface area contributed by atoms with Crippen molar-refractivity contribution in [2.24, 2.45) is 5.73 Å². The number of hydrogen-bond donors (Lipinski definition) is 3. The molecule has 4 rings (SSSR count). The van der Waals surface area contributed by atoms with Crippen molar-refractivity contribution in [3.63, 3.8) is 0 Å². The summed E-state index contributed by atoms with van der Waals surface area (Å²) in [6.45, 7) is -1.51. The first kappa shape index (κ1) is 24.7. The number of amides is 1. The summed E-state index contributed by atoms with van der Waals surface area (Å²) < 4.78 is 73.8. The summed E-state index contributed by atoms with van der Waals surface area (Å²) in [6.07, 6.45) is -2.08. The average molecular weight is 509 g/mol. The Labute approximate surface area is 198 Å². The Hall–Kier alpha value is -4.40. The third-order valence-corrected chi connectivity index (χ3v) is 5.14. The Morgan fingerprint density at radius 2 is 1.92 bits per heavy atom. The summed E-state index contributed by atoms with van der Waals surface area (Å²) in [5.41, 5.74) is 2.07. The van der Waals surface area contributed by atoms with Crippen LogP contribution in [0.1, 0.15) is 11.3 Å². The number of carbonyl (C=O) groups excluding carboxylic acids is 1. The zero-order valence-corrected chi connectivity index (χ0v) is 18.0. The second-order valence-corrected chi connectivity index (χ2v) is 7.53. The highest BCUT2D eigenvalue weighted by molar-refractivity contribution is 5.85. The number of nitrogens with one attached hydrogen (secondary N) is 1. The van der Waals surface area contributed by atoms with Crippen molar-refractivity contribution in [1.82, 2.24) is 24.9 Å². The second kappa shape index (κ2) is 9.33. The minimum Gasteiger partial charge on any atom is -0.371 e. The van der Waals surface area contributed by atoms with Gasteiger partial charge >= 0.3 is 6.18 Å². The number of hydrogen-bond acceptors (Lipinski definition) is 8. The Morgan fingerprint density at radius 1 is 1.17 bits per heavy atom. The molecule has 0 bridgehead atoms. The van der Waals surface area contributed by atoms with E-state index >= 15 is 0 Å². The lowest BCUT2D eigenvalue weighted by molar-refractivity contribution is -0.245. The molecule has 4 aromatic rings. The van der Waals surface area contributed by atoms with Crippen LogP contribution in [0.3, 0.4) is 0 Å². The standard InChI is InChI=1S/C21H16F5N7O3/c22-13-4-2-1-3-11(13)7-16-12(15-5-6-36-32-15)9-33(31-16)19-28-8-14(23)17(30-19)29-10-20(35,18(27)34)21(24,25)26/h1-6,8-9,35H,7,10H2,(H2,27,34)(H,28,29,30). The third-order valence-electron chi connectivity index (χ3n) is 5.14. The predicted octanol–water partition coefficient (Wildman–Crippen LogP) is 2.38. The Kier molecular flexibility index (Phi) is 6.41. The van der Waals surface area contributed by atoms with Crippen LogP contribution < -0.4 is 11.1 Å². The zero-order valence-electron chi connectivity index (χ0n) is 18.0. The number of halogens is 5. The second-order valence-electron chi connectivity index (χ2n) is 7.53. The third kappa shape index (κ3) is 4.72. The van der Waals surface area contributed by atoms with E-state index in [9.17, 15) is 31.9 Å². The van der Waals surface area contributed by atoms with Crippen LogP contribution in [0.5, 0.6) is 0 Å². The van der Waals surface area contributed by atoms with Gasteiger partial charge in [0.05, 0.1) is 18.4 Å². The topological polar surface area (TPSA) is 145 Å². The summed E-state index contributed by atoms with van der Waals surface area (Å²) in [4.78, 5) is 18.8. The van der Waals surface area contributed by atoms with E-state index in [1.165, 1.54) is 30.7 Å². The molecule has 0 fully saturated rings. The largest absolute Gasteiger partial charge is 0.428 e. The van der Waals surface area contributed by atoms with E-state index < -0.39 is 41.7 Å². The molecule has 10 nitrogen and oxygen atoms in total. The van der Waals surface area contributed by atoms with Crippen LogP contribution in [0, 0.1) is 11.6 Å². The highest BCUT2D eigenvalue weighted by Crippen LogP contribution is 2.31. The van der Waals surface area contributed by atoms with E-state index in [-0.39, 0.29) is 12.4 Å². The number of benzene rings is 1. The molecule has 3 aromatic heterocycles. The predicted molar refractivity (Wildman–Crippen MR) is 113 cm³/mol. The van der Waals surface area contributed by atoms with Gasteiger partial charge in [0.25, 0.3) is 17.5 Å². The minimum atomic E-state index is -5.44. The van der Waals surface area contributed by atoms with Gasteiger partial charge in [-0.2, -0.15) is 23.3 Å². The summed E-state index contributed by atoms with van der Waals surface area (Å²) in [5.74, 6) is -4.80. The molecule has 0 aliphatic rings. The molecule has 188 valence electrons. The molecular formula is C21H16F5N7O3. The lowest BCUT2D eigenvalue weighted by Crippen LogP contribution is -2.59. The number of rotatable bonds is 8. The number of aliphatic hydroxyl groups is 1. The van der Waals surface area contributed by atoms with E-state index in [0.717, 1.165) is 4.68 Å². The van der Waals surface area contributed by atoms with Gasteiger partial charge in [0.2, 0.25) is 0 Å².